The Kier molecular flexibility index (Phi) is 3.42. The number of rotatable bonds is 2. The van der Waals surface area contributed by atoms with Gasteiger partial charge in [-0.15, -0.1) is 0 Å². The lowest BCUT2D eigenvalue weighted by atomic mass is 10.1. The average molecular weight is 210 g/mol. The molecule has 0 aromatic heterocycles. The minimum atomic E-state index is 0.465. The first-order chi connectivity index (χ1) is 7.20. The van der Waals surface area contributed by atoms with Crippen LogP contribution in [0.5, 0.6) is 0 Å². The van der Waals surface area contributed by atoms with E-state index in [1.54, 1.807) is 0 Å². The maximum absolute atomic E-state index is 11.3. The Hall–Kier alpha value is -0.410. The Balaban J connectivity index is 1.91. The van der Waals surface area contributed by atoms with Crippen molar-refractivity contribution in [3.05, 3.63) is 0 Å². The Bertz CT molecular complexity index is 242. The van der Waals surface area contributed by atoms with Gasteiger partial charge in [-0.2, -0.15) is 0 Å². The van der Waals surface area contributed by atoms with E-state index in [1.807, 2.05) is 0 Å². The van der Waals surface area contributed by atoms with Crippen molar-refractivity contribution in [1.82, 2.24) is 9.80 Å². The summed E-state index contributed by atoms with van der Waals surface area (Å²) in [5, 5.41) is 0. The van der Waals surface area contributed by atoms with Gasteiger partial charge in [-0.3, -0.25) is 9.69 Å². The van der Waals surface area contributed by atoms with Crippen LogP contribution in [0.25, 0.3) is 0 Å². The number of likely N-dealkylation sites (N-methyl/N-ethyl adjacent to an activating group) is 1. The standard InChI is InChI=1S/C12H22N2O/c1-3-10-9-14(7-6-13(10)2)11-4-5-12(15)8-11/h10-11H,3-9H2,1-2H3. The van der Waals surface area contributed by atoms with Gasteiger partial charge in [0.05, 0.1) is 0 Å². The molecule has 1 heterocycles. The molecule has 0 aromatic rings. The Morgan fingerprint density at radius 1 is 1.40 bits per heavy atom. The predicted molar refractivity (Wildman–Crippen MR) is 60.9 cm³/mol. The van der Waals surface area contributed by atoms with Crippen LogP contribution < -0.4 is 0 Å². The molecule has 2 aliphatic rings. The van der Waals surface area contributed by atoms with E-state index in [0.29, 0.717) is 17.9 Å². The third kappa shape index (κ3) is 2.40. The lowest BCUT2D eigenvalue weighted by Crippen LogP contribution is -2.53. The Morgan fingerprint density at radius 3 is 2.80 bits per heavy atom. The minimum absolute atomic E-state index is 0.465. The number of hydrogen-bond acceptors (Lipinski definition) is 3. The van der Waals surface area contributed by atoms with E-state index in [-0.39, 0.29) is 0 Å². The van der Waals surface area contributed by atoms with Crippen molar-refractivity contribution in [1.29, 1.82) is 0 Å². The molecule has 1 aliphatic carbocycles. The molecule has 2 fully saturated rings. The molecule has 3 heteroatoms. The van der Waals surface area contributed by atoms with Crippen LogP contribution in [0.3, 0.4) is 0 Å². The van der Waals surface area contributed by atoms with E-state index in [2.05, 4.69) is 23.8 Å². The number of hydrogen-bond donors (Lipinski definition) is 0. The summed E-state index contributed by atoms with van der Waals surface area (Å²) in [6.45, 7) is 5.71. The van der Waals surface area contributed by atoms with E-state index < -0.39 is 0 Å². The molecular formula is C12H22N2O. The zero-order chi connectivity index (χ0) is 10.8. The van der Waals surface area contributed by atoms with Crippen molar-refractivity contribution < 1.29 is 4.79 Å². The second-order valence-corrected chi connectivity index (χ2v) is 4.97. The summed E-state index contributed by atoms with van der Waals surface area (Å²) in [6, 6.07) is 1.25. The number of ketones is 1. The van der Waals surface area contributed by atoms with E-state index in [1.165, 1.54) is 6.42 Å². The van der Waals surface area contributed by atoms with Crippen molar-refractivity contribution in [2.45, 2.75) is 44.7 Å². The monoisotopic (exact) mass is 210 g/mol. The summed E-state index contributed by atoms with van der Waals surface area (Å²) in [5.74, 6) is 0.465. The summed E-state index contributed by atoms with van der Waals surface area (Å²) in [6.07, 6.45) is 3.93. The van der Waals surface area contributed by atoms with Crippen LogP contribution >= 0.6 is 0 Å². The maximum atomic E-state index is 11.3. The van der Waals surface area contributed by atoms with Crippen LogP contribution in [0, 0.1) is 0 Å². The van der Waals surface area contributed by atoms with Gasteiger partial charge in [0.25, 0.3) is 0 Å². The van der Waals surface area contributed by atoms with Crippen molar-refractivity contribution in [3.8, 4) is 0 Å². The van der Waals surface area contributed by atoms with Gasteiger partial charge >= 0.3 is 0 Å². The van der Waals surface area contributed by atoms with Gasteiger partial charge in [0.2, 0.25) is 0 Å². The highest BCUT2D eigenvalue weighted by Gasteiger charge is 2.32. The molecule has 0 N–H and O–H groups in total. The van der Waals surface area contributed by atoms with Crippen molar-refractivity contribution in [3.63, 3.8) is 0 Å². The molecule has 0 amide bonds. The van der Waals surface area contributed by atoms with Gasteiger partial charge in [-0.25, -0.2) is 0 Å². The summed E-state index contributed by atoms with van der Waals surface area (Å²) in [4.78, 5) is 16.3. The summed E-state index contributed by atoms with van der Waals surface area (Å²) >= 11 is 0. The molecule has 1 saturated heterocycles. The van der Waals surface area contributed by atoms with Gasteiger partial charge in [-0.05, 0) is 19.9 Å². The van der Waals surface area contributed by atoms with Crippen LogP contribution in [0.15, 0.2) is 0 Å². The van der Waals surface area contributed by atoms with Gasteiger partial charge in [-0.1, -0.05) is 6.92 Å². The first-order valence-corrected chi connectivity index (χ1v) is 6.16. The van der Waals surface area contributed by atoms with E-state index >= 15 is 0 Å². The number of Topliss-reactive ketones (excluding diaryl/α,β-unsaturated/α-hetero) is 1. The van der Waals surface area contributed by atoms with Crippen molar-refractivity contribution in [2.24, 2.45) is 0 Å². The summed E-state index contributed by atoms with van der Waals surface area (Å²) in [7, 11) is 2.21. The zero-order valence-electron chi connectivity index (χ0n) is 9.91. The molecule has 1 aliphatic heterocycles. The van der Waals surface area contributed by atoms with Crippen LogP contribution in [-0.4, -0.2) is 54.3 Å². The maximum Gasteiger partial charge on any atom is 0.134 e. The number of nitrogens with zero attached hydrogens (tertiary/aromatic N) is 2. The fourth-order valence-corrected chi connectivity index (χ4v) is 2.85. The van der Waals surface area contributed by atoms with Crippen LogP contribution in [-0.2, 0) is 4.79 Å². The second kappa shape index (κ2) is 4.62. The Morgan fingerprint density at radius 2 is 2.20 bits per heavy atom. The fourth-order valence-electron chi connectivity index (χ4n) is 2.85. The number of carbonyl (C=O) groups is 1. The highest BCUT2D eigenvalue weighted by atomic mass is 16.1. The fraction of sp³-hybridized carbons (Fsp3) is 0.917. The molecule has 15 heavy (non-hydrogen) atoms. The number of carbonyl (C=O) groups excluding carboxylic acids is 1. The molecule has 0 aromatic carbocycles. The molecule has 86 valence electrons. The largest absolute Gasteiger partial charge is 0.301 e. The lowest BCUT2D eigenvalue weighted by Gasteiger charge is -2.41. The molecule has 2 atom stereocenters. The zero-order valence-corrected chi connectivity index (χ0v) is 9.91. The smallest absolute Gasteiger partial charge is 0.134 e. The summed E-state index contributed by atoms with van der Waals surface area (Å²) < 4.78 is 0. The van der Waals surface area contributed by atoms with Gasteiger partial charge in [0.1, 0.15) is 5.78 Å². The second-order valence-electron chi connectivity index (χ2n) is 4.97. The van der Waals surface area contributed by atoms with Gasteiger partial charge in [0.15, 0.2) is 0 Å². The lowest BCUT2D eigenvalue weighted by molar-refractivity contribution is -0.117. The van der Waals surface area contributed by atoms with E-state index in [9.17, 15) is 4.79 Å². The van der Waals surface area contributed by atoms with Crippen molar-refractivity contribution in [2.75, 3.05) is 26.7 Å². The van der Waals surface area contributed by atoms with Gasteiger partial charge in [0, 0.05) is 44.6 Å². The number of piperazine rings is 1. The third-order valence-electron chi connectivity index (χ3n) is 4.02. The molecule has 0 spiro atoms. The highest BCUT2D eigenvalue weighted by molar-refractivity contribution is 5.81. The third-order valence-corrected chi connectivity index (χ3v) is 4.02. The van der Waals surface area contributed by atoms with E-state index in [0.717, 1.165) is 38.9 Å². The normalized spacial score (nSPS) is 34.9. The highest BCUT2D eigenvalue weighted by Crippen LogP contribution is 2.23. The van der Waals surface area contributed by atoms with Gasteiger partial charge < -0.3 is 4.90 Å². The molecule has 1 saturated carbocycles. The van der Waals surface area contributed by atoms with E-state index in [4.69, 9.17) is 0 Å². The molecular weight excluding hydrogens is 188 g/mol. The molecule has 0 radical (unpaired) electrons. The summed E-state index contributed by atoms with van der Waals surface area (Å²) in [5.41, 5.74) is 0. The topological polar surface area (TPSA) is 23.6 Å². The first-order valence-electron chi connectivity index (χ1n) is 6.16. The predicted octanol–water partition coefficient (Wildman–Crippen LogP) is 1.13. The SMILES string of the molecule is CCC1CN(C2CCC(=O)C2)CCN1C. The molecule has 3 nitrogen and oxygen atoms in total. The average Bonchev–Trinajstić information content (AvgIpc) is 2.66. The van der Waals surface area contributed by atoms with Crippen LogP contribution in [0.1, 0.15) is 32.6 Å². The van der Waals surface area contributed by atoms with Crippen LogP contribution in [0.4, 0.5) is 0 Å². The van der Waals surface area contributed by atoms with Crippen LogP contribution in [0.2, 0.25) is 0 Å². The Labute approximate surface area is 92.4 Å². The first kappa shape index (κ1) is 11.1. The quantitative estimate of drug-likeness (QED) is 0.683. The molecule has 2 rings (SSSR count). The molecule has 0 bridgehead atoms. The minimum Gasteiger partial charge on any atom is -0.301 e. The molecule has 2 unspecified atom stereocenters. The van der Waals surface area contributed by atoms with Crippen molar-refractivity contribution >= 4 is 5.78 Å².